The highest BCUT2D eigenvalue weighted by atomic mass is 16.5. The summed E-state index contributed by atoms with van der Waals surface area (Å²) in [6.07, 6.45) is 5.60. The normalized spacial score (nSPS) is 24.8. The molecule has 0 aromatic heterocycles. The van der Waals surface area contributed by atoms with Crippen LogP contribution in [0.15, 0.2) is 36.4 Å². The zero-order valence-electron chi connectivity index (χ0n) is 15.5. The Morgan fingerprint density at radius 3 is 2.19 bits per heavy atom. The molecule has 2 fully saturated rings. The van der Waals surface area contributed by atoms with E-state index in [4.69, 9.17) is 4.74 Å². The molecule has 2 atom stereocenters. The number of likely N-dealkylation sites (tertiary alicyclic amines) is 2. The van der Waals surface area contributed by atoms with Gasteiger partial charge in [0.25, 0.3) is 0 Å². The van der Waals surface area contributed by atoms with Crippen molar-refractivity contribution >= 4 is 17.7 Å². The molecule has 2 saturated heterocycles. The van der Waals surface area contributed by atoms with Crippen LogP contribution in [0.2, 0.25) is 0 Å². The maximum absolute atomic E-state index is 12.6. The number of carbonyl (C=O) groups is 3. The van der Waals surface area contributed by atoms with Crippen LogP contribution >= 0.6 is 0 Å². The summed E-state index contributed by atoms with van der Waals surface area (Å²) in [5, 5.41) is 0. The second-order valence-electron chi connectivity index (χ2n) is 7.41. The van der Waals surface area contributed by atoms with Crippen LogP contribution in [0.1, 0.15) is 25.3 Å². The Hall–Kier alpha value is -2.63. The molecule has 0 N–H and O–H groups in total. The van der Waals surface area contributed by atoms with E-state index in [1.54, 1.807) is 4.90 Å². The Morgan fingerprint density at radius 1 is 1.04 bits per heavy atom. The highest BCUT2D eigenvalue weighted by Gasteiger charge is 2.52. The van der Waals surface area contributed by atoms with Crippen molar-refractivity contribution in [2.75, 3.05) is 19.7 Å². The maximum atomic E-state index is 12.6. The zero-order chi connectivity index (χ0) is 19.0. The van der Waals surface area contributed by atoms with E-state index >= 15 is 0 Å². The van der Waals surface area contributed by atoms with Crippen LogP contribution in [0.4, 0.5) is 0 Å². The first-order chi connectivity index (χ1) is 13.1. The number of nitrogens with zero attached hydrogens (tertiary/aromatic N) is 2. The third kappa shape index (κ3) is 3.24. The summed E-state index contributed by atoms with van der Waals surface area (Å²) in [7, 11) is 0. The van der Waals surface area contributed by atoms with Crippen LogP contribution in [0, 0.1) is 11.8 Å². The van der Waals surface area contributed by atoms with Gasteiger partial charge in [-0.3, -0.25) is 19.3 Å². The van der Waals surface area contributed by atoms with Gasteiger partial charge in [0.1, 0.15) is 5.75 Å². The van der Waals surface area contributed by atoms with Gasteiger partial charge in [-0.15, -0.1) is 0 Å². The van der Waals surface area contributed by atoms with Gasteiger partial charge in [0.2, 0.25) is 17.7 Å². The fraction of sp³-hybridized carbons (Fsp3) is 0.476. The first-order valence-corrected chi connectivity index (χ1v) is 9.60. The van der Waals surface area contributed by atoms with E-state index in [1.165, 1.54) is 4.90 Å². The van der Waals surface area contributed by atoms with Crippen molar-refractivity contribution in [2.24, 2.45) is 11.8 Å². The van der Waals surface area contributed by atoms with Crippen molar-refractivity contribution in [3.05, 3.63) is 42.0 Å². The first-order valence-electron chi connectivity index (χ1n) is 9.60. The summed E-state index contributed by atoms with van der Waals surface area (Å²) < 4.78 is 5.41. The molecule has 2 aliphatic heterocycles. The van der Waals surface area contributed by atoms with E-state index in [1.807, 2.05) is 43.3 Å². The fourth-order valence-electron chi connectivity index (χ4n) is 4.16. The number of benzene rings is 1. The molecule has 1 aromatic rings. The van der Waals surface area contributed by atoms with Gasteiger partial charge in [-0.2, -0.15) is 0 Å². The molecule has 6 nitrogen and oxygen atoms in total. The number of fused-ring (bicyclic) bond motifs is 1. The summed E-state index contributed by atoms with van der Waals surface area (Å²) in [6.45, 7) is 3.43. The fourth-order valence-corrected chi connectivity index (χ4v) is 4.16. The maximum Gasteiger partial charge on any atom is 0.233 e. The Balaban J connectivity index is 1.32. The topological polar surface area (TPSA) is 66.9 Å². The Morgan fingerprint density at radius 2 is 1.63 bits per heavy atom. The Labute approximate surface area is 158 Å². The van der Waals surface area contributed by atoms with Gasteiger partial charge in [0.05, 0.1) is 30.9 Å². The molecule has 6 heteroatoms. The average molecular weight is 368 g/mol. The number of allylic oxidation sites excluding steroid dienone is 2. The second kappa shape index (κ2) is 7.18. The molecule has 0 saturated carbocycles. The van der Waals surface area contributed by atoms with Crippen LogP contribution < -0.4 is 4.74 Å². The van der Waals surface area contributed by atoms with Gasteiger partial charge < -0.3 is 9.64 Å². The van der Waals surface area contributed by atoms with Gasteiger partial charge in [-0.1, -0.05) is 24.3 Å². The van der Waals surface area contributed by atoms with E-state index in [9.17, 15) is 14.4 Å². The van der Waals surface area contributed by atoms with E-state index in [2.05, 4.69) is 0 Å². The molecule has 27 heavy (non-hydrogen) atoms. The van der Waals surface area contributed by atoms with Crippen molar-refractivity contribution in [1.29, 1.82) is 0 Å². The molecular weight excluding hydrogens is 344 g/mol. The molecule has 4 rings (SSSR count). The summed E-state index contributed by atoms with van der Waals surface area (Å²) in [6, 6.07) is 7.35. The Bertz CT molecular complexity index is 754. The molecule has 0 bridgehead atoms. The van der Waals surface area contributed by atoms with Crippen LogP contribution in [0.5, 0.6) is 5.75 Å². The van der Waals surface area contributed by atoms with Crippen molar-refractivity contribution < 1.29 is 19.1 Å². The zero-order valence-corrected chi connectivity index (χ0v) is 15.5. The monoisotopic (exact) mass is 368 g/mol. The Kier molecular flexibility index (Phi) is 4.72. The standard InChI is InChI=1S/C21H24N2O4/c1-2-27-16-9-7-14(8-10-16)11-19(24)22-12-15(13-22)23-20(25)17-5-3-4-6-18(17)21(23)26/h3-4,7-10,15,17-18H,2,5-6,11-13H2,1H3. The number of ether oxygens (including phenoxy) is 1. The highest BCUT2D eigenvalue weighted by molar-refractivity contribution is 6.06. The molecule has 3 aliphatic rings. The molecular formula is C21H24N2O4. The van der Waals surface area contributed by atoms with Gasteiger partial charge >= 0.3 is 0 Å². The minimum absolute atomic E-state index is 0.0218. The lowest BCUT2D eigenvalue weighted by Crippen LogP contribution is -2.62. The number of hydrogen-bond acceptors (Lipinski definition) is 4. The third-order valence-electron chi connectivity index (χ3n) is 5.71. The molecule has 2 unspecified atom stereocenters. The summed E-state index contributed by atoms with van der Waals surface area (Å²) in [4.78, 5) is 40.8. The quantitative estimate of drug-likeness (QED) is 0.587. The third-order valence-corrected chi connectivity index (χ3v) is 5.71. The van der Waals surface area contributed by atoms with Gasteiger partial charge in [-0.05, 0) is 37.5 Å². The molecule has 0 radical (unpaired) electrons. The molecule has 1 aliphatic carbocycles. The minimum atomic E-state index is -0.198. The number of hydrogen-bond donors (Lipinski definition) is 0. The van der Waals surface area contributed by atoms with Crippen LogP contribution in [0.3, 0.4) is 0 Å². The average Bonchev–Trinajstić information content (AvgIpc) is 2.88. The van der Waals surface area contributed by atoms with E-state index in [0.717, 1.165) is 11.3 Å². The van der Waals surface area contributed by atoms with Gasteiger partial charge in [-0.25, -0.2) is 0 Å². The number of imide groups is 1. The number of carbonyl (C=O) groups excluding carboxylic acids is 3. The summed E-state index contributed by atoms with van der Waals surface area (Å²) in [5.74, 6) is 0.302. The smallest absolute Gasteiger partial charge is 0.233 e. The molecule has 0 spiro atoms. The van der Waals surface area contributed by atoms with Crippen molar-refractivity contribution in [3.63, 3.8) is 0 Å². The van der Waals surface area contributed by atoms with Gasteiger partial charge in [0, 0.05) is 13.1 Å². The summed E-state index contributed by atoms with van der Waals surface area (Å²) in [5.41, 5.74) is 0.928. The van der Waals surface area contributed by atoms with E-state index < -0.39 is 0 Å². The lowest BCUT2D eigenvalue weighted by molar-refractivity contribution is -0.152. The van der Waals surface area contributed by atoms with Crippen molar-refractivity contribution in [1.82, 2.24) is 9.80 Å². The van der Waals surface area contributed by atoms with E-state index in [0.29, 0.717) is 39.0 Å². The number of rotatable bonds is 5. The SMILES string of the molecule is CCOc1ccc(CC(=O)N2CC(N3C(=O)C4CC=CCC4C3=O)C2)cc1. The molecule has 142 valence electrons. The highest BCUT2D eigenvalue weighted by Crippen LogP contribution is 2.37. The predicted molar refractivity (Wildman–Crippen MR) is 98.9 cm³/mol. The van der Waals surface area contributed by atoms with Crippen LogP contribution in [-0.2, 0) is 20.8 Å². The molecule has 3 amide bonds. The first kappa shape index (κ1) is 17.8. The molecule has 2 heterocycles. The largest absolute Gasteiger partial charge is 0.494 e. The molecule has 1 aromatic carbocycles. The van der Waals surface area contributed by atoms with Crippen molar-refractivity contribution in [3.8, 4) is 5.75 Å². The predicted octanol–water partition coefficient (Wildman–Crippen LogP) is 1.79. The van der Waals surface area contributed by atoms with E-state index in [-0.39, 0.29) is 35.6 Å². The lowest BCUT2D eigenvalue weighted by atomic mass is 9.85. The lowest BCUT2D eigenvalue weighted by Gasteiger charge is -2.43. The summed E-state index contributed by atoms with van der Waals surface area (Å²) >= 11 is 0. The number of amides is 3. The van der Waals surface area contributed by atoms with Crippen molar-refractivity contribution in [2.45, 2.75) is 32.2 Å². The second-order valence-corrected chi connectivity index (χ2v) is 7.41. The van der Waals surface area contributed by atoms with Gasteiger partial charge in [0.15, 0.2) is 0 Å². The minimum Gasteiger partial charge on any atom is -0.494 e. The van der Waals surface area contributed by atoms with Crippen LogP contribution in [-0.4, -0.2) is 53.3 Å². The van der Waals surface area contributed by atoms with Crippen LogP contribution in [0.25, 0.3) is 0 Å².